The Morgan fingerprint density at radius 1 is 1.59 bits per heavy atom. The summed E-state index contributed by atoms with van der Waals surface area (Å²) in [6.07, 6.45) is 0. The smallest absolute Gasteiger partial charge is 0.239 e. The summed E-state index contributed by atoms with van der Waals surface area (Å²) >= 11 is 5.94. The lowest BCUT2D eigenvalue weighted by atomic mass is 10.2. The van der Waals surface area contributed by atoms with Gasteiger partial charge in [-0.15, -0.1) is 0 Å². The highest BCUT2D eigenvalue weighted by molar-refractivity contribution is 6.30. The van der Waals surface area contributed by atoms with Crippen molar-refractivity contribution in [3.05, 3.63) is 28.8 Å². The highest BCUT2D eigenvalue weighted by atomic mass is 35.5. The molecule has 2 rings (SSSR count). The average Bonchev–Trinajstić information content (AvgIpc) is 2.49. The van der Waals surface area contributed by atoms with Crippen molar-refractivity contribution in [1.82, 2.24) is 4.90 Å². The molecule has 0 unspecified atom stereocenters. The molecule has 2 N–H and O–H groups in total. The number of nitrogens with zero attached hydrogens (tertiary/aromatic N) is 1. The summed E-state index contributed by atoms with van der Waals surface area (Å²) < 4.78 is 5.57. The number of ether oxygens (including phenoxy) is 1. The monoisotopic (exact) mass is 254 g/mol. The van der Waals surface area contributed by atoms with E-state index < -0.39 is 6.04 Å². The van der Waals surface area contributed by atoms with Crippen LogP contribution in [0.25, 0.3) is 0 Å². The molecular weight excluding hydrogens is 240 g/mol. The standard InChI is InChI=1S/C12H15ClN2O2/c1-8(14)12(16)15-4-5-17-11-3-2-10(13)6-9(11)7-15/h2-3,6,8H,4-5,7,14H2,1H3/t8-/m0/s1. The molecule has 1 aliphatic rings. The zero-order chi connectivity index (χ0) is 12.4. The molecule has 0 aliphatic carbocycles. The van der Waals surface area contributed by atoms with E-state index in [0.29, 0.717) is 24.7 Å². The molecule has 4 nitrogen and oxygen atoms in total. The van der Waals surface area contributed by atoms with Crippen molar-refractivity contribution in [2.75, 3.05) is 13.2 Å². The first-order valence-corrected chi connectivity index (χ1v) is 5.91. The number of hydrogen-bond acceptors (Lipinski definition) is 3. The molecule has 0 aromatic heterocycles. The normalized spacial score (nSPS) is 16.8. The molecule has 0 saturated carbocycles. The van der Waals surface area contributed by atoms with Crippen LogP contribution in [0.3, 0.4) is 0 Å². The minimum Gasteiger partial charge on any atom is -0.491 e. The Balaban J connectivity index is 2.24. The molecular formula is C12H15ClN2O2. The maximum absolute atomic E-state index is 11.9. The van der Waals surface area contributed by atoms with Crippen LogP contribution in [0.4, 0.5) is 0 Å². The maximum Gasteiger partial charge on any atom is 0.239 e. The van der Waals surface area contributed by atoms with Crippen LogP contribution >= 0.6 is 11.6 Å². The minimum atomic E-state index is -0.490. The number of nitrogens with two attached hydrogens (primary N) is 1. The van der Waals surface area contributed by atoms with E-state index in [4.69, 9.17) is 22.1 Å². The lowest BCUT2D eigenvalue weighted by molar-refractivity contribution is -0.132. The van der Waals surface area contributed by atoms with Crippen LogP contribution < -0.4 is 10.5 Å². The fourth-order valence-corrected chi connectivity index (χ4v) is 2.03. The molecule has 5 heteroatoms. The van der Waals surface area contributed by atoms with Gasteiger partial charge >= 0.3 is 0 Å². The molecule has 17 heavy (non-hydrogen) atoms. The quantitative estimate of drug-likeness (QED) is 0.824. The highest BCUT2D eigenvalue weighted by Crippen LogP contribution is 2.26. The lowest BCUT2D eigenvalue weighted by Gasteiger charge is -2.21. The summed E-state index contributed by atoms with van der Waals surface area (Å²) in [5.74, 6) is 0.718. The van der Waals surface area contributed by atoms with Gasteiger partial charge in [0.1, 0.15) is 12.4 Å². The first-order valence-electron chi connectivity index (χ1n) is 5.53. The molecule has 1 aromatic carbocycles. The van der Waals surface area contributed by atoms with Gasteiger partial charge in [0.2, 0.25) is 5.91 Å². The molecule has 1 amide bonds. The summed E-state index contributed by atoms with van der Waals surface area (Å²) in [4.78, 5) is 13.6. The molecule has 1 aromatic rings. The maximum atomic E-state index is 11.9. The van der Waals surface area contributed by atoms with Crippen LogP contribution in [0, 0.1) is 0 Å². The predicted octanol–water partition coefficient (Wildman–Crippen LogP) is 1.41. The van der Waals surface area contributed by atoms with Crippen molar-refractivity contribution in [3.63, 3.8) is 0 Å². The van der Waals surface area contributed by atoms with E-state index in [1.807, 2.05) is 12.1 Å². The Bertz CT molecular complexity index is 435. The molecule has 1 atom stereocenters. The van der Waals surface area contributed by atoms with Crippen molar-refractivity contribution in [2.45, 2.75) is 19.5 Å². The van der Waals surface area contributed by atoms with E-state index in [9.17, 15) is 4.79 Å². The molecule has 1 heterocycles. The highest BCUT2D eigenvalue weighted by Gasteiger charge is 2.22. The van der Waals surface area contributed by atoms with Gasteiger partial charge in [-0.1, -0.05) is 11.6 Å². The number of carbonyl (C=O) groups is 1. The van der Waals surface area contributed by atoms with Crippen LogP contribution in [0.5, 0.6) is 5.75 Å². The zero-order valence-electron chi connectivity index (χ0n) is 9.65. The topological polar surface area (TPSA) is 55.6 Å². The van der Waals surface area contributed by atoms with Gasteiger partial charge in [-0.05, 0) is 25.1 Å². The van der Waals surface area contributed by atoms with Gasteiger partial charge in [0.25, 0.3) is 0 Å². The Morgan fingerprint density at radius 2 is 2.35 bits per heavy atom. The fraction of sp³-hybridized carbons (Fsp3) is 0.417. The van der Waals surface area contributed by atoms with Crippen LogP contribution in [0.15, 0.2) is 18.2 Å². The molecule has 1 aliphatic heterocycles. The molecule has 0 radical (unpaired) electrons. The summed E-state index contributed by atoms with van der Waals surface area (Å²) in [7, 11) is 0. The predicted molar refractivity (Wildman–Crippen MR) is 66.0 cm³/mol. The number of benzene rings is 1. The van der Waals surface area contributed by atoms with Crippen LogP contribution in [0.2, 0.25) is 5.02 Å². The van der Waals surface area contributed by atoms with Gasteiger partial charge in [0, 0.05) is 17.1 Å². The van der Waals surface area contributed by atoms with Crippen molar-refractivity contribution < 1.29 is 9.53 Å². The first kappa shape index (κ1) is 12.2. The Morgan fingerprint density at radius 3 is 3.06 bits per heavy atom. The Kier molecular flexibility index (Phi) is 3.54. The molecule has 92 valence electrons. The second kappa shape index (κ2) is 4.94. The Labute approximate surface area is 105 Å². The minimum absolute atomic E-state index is 0.0681. The van der Waals surface area contributed by atoms with Gasteiger partial charge in [0.15, 0.2) is 0 Å². The van der Waals surface area contributed by atoms with Gasteiger partial charge < -0.3 is 15.4 Å². The lowest BCUT2D eigenvalue weighted by Crippen LogP contribution is -2.42. The van der Waals surface area contributed by atoms with Crippen molar-refractivity contribution in [2.24, 2.45) is 5.73 Å². The first-order chi connectivity index (χ1) is 8.08. The zero-order valence-corrected chi connectivity index (χ0v) is 10.4. The SMILES string of the molecule is C[C@H](N)C(=O)N1CCOc2ccc(Cl)cc2C1. The van der Waals surface area contributed by atoms with Crippen molar-refractivity contribution in [3.8, 4) is 5.75 Å². The average molecular weight is 255 g/mol. The van der Waals surface area contributed by atoms with E-state index in [1.165, 1.54) is 0 Å². The van der Waals surface area contributed by atoms with E-state index in [2.05, 4.69) is 0 Å². The summed E-state index contributed by atoms with van der Waals surface area (Å²) in [6.45, 7) is 3.21. The molecule has 0 fully saturated rings. The Hall–Kier alpha value is -1.26. The third kappa shape index (κ3) is 2.70. The fourth-order valence-electron chi connectivity index (χ4n) is 1.84. The van der Waals surface area contributed by atoms with Crippen molar-refractivity contribution in [1.29, 1.82) is 0 Å². The van der Waals surface area contributed by atoms with Gasteiger partial charge in [-0.25, -0.2) is 0 Å². The van der Waals surface area contributed by atoms with Crippen LogP contribution in [0.1, 0.15) is 12.5 Å². The molecule has 0 spiro atoms. The third-order valence-electron chi connectivity index (χ3n) is 2.70. The molecule has 0 saturated heterocycles. The molecule has 0 bridgehead atoms. The summed E-state index contributed by atoms with van der Waals surface area (Å²) in [6, 6.07) is 4.95. The van der Waals surface area contributed by atoms with Crippen LogP contribution in [-0.4, -0.2) is 30.0 Å². The number of amides is 1. The van der Waals surface area contributed by atoms with E-state index in [0.717, 1.165) is 11.3 Å². The van der Waals surface area contributed by atoms with E-state index >= 15 is 0 Å². The largest absolute Gasteiger partial charge is 0.491 e. The van der Waals surface area contributed by atoms with E-state index in [-0.39, 0.29) is 5.91 Å². The second-order valence-corrected chi connectivity index (χ2v) is 4.59. The summed E-state index contributed by atoms with van der Waals surface area (Å²) in [5.41, 5.74) is 6.53. The van der Waals surface area contributed by atoms with Crippen LogP contribution in [-0.2, 0) is 11.3 Å². The van der Waals surface area contributed by atoms with Gasteiger partial charge in [-0.3, -0.25) is 4.79 Å². The van der Waals surface area contributed by atoms with Crippen molar-refractivity contribution >= 4 is 17.5 Å². The van der Waals surface area contributed by atoms with Gasteiger partial charge in [-0.2, -0.15) is 0 Å². The van der Waals surface area contributed by atoms with Gasteiger partial charge in [0.05, 0.1) is 12.6 Å². The number of fused-ring (bicyclic) bond motifs is 1. The third-order valence-corrected chi connectivity index (χ3v) is 2.94. The number of halogens is 1. The summed E-state index contributed by atoms with van der Waals surface area (Å²) in [5, 5.41) is 0.641. The number of carbonyl (C=O) groups excluding carboxylic acids is 1. The number of rotatable bonds is 1. The van der Waals surface area contributed by atoms with E-state index in [1.54, 1.807) is 17.9 Å². The second-order valence-electron chi connectivity index (χ2n) is 4.15. The number of hydrogen-bond donors (Lipinski definition) is 1.